The van der Waals surface area contributed by atoms with E-state index in [2.05, 4.69) is 17.0 Å². The number of halogens is 2. The fraction of sp³-hybridized carbons (Fsp3) is 0.533. The fourth-order valence-corrected chi connectivity index (χ4v) is 3.20. The fourth-order valence-electron chi connectivity index (χ4n) is 3.06. The molecule has 3 rings (SSSR count). The first kappa shape index (κ1) is 15.2. The second-order valence-corrected chi connectivity index (χ2v) is 6.09. The van der Waals surface area contributed by atoms with Crippen LogP contribution in [0.1, 0.15) is 37.6 Å². The minimum atomic E-state index is -0.684. The van der Waals surface area contributed by atoms with Crippen molar-refractivity contribution in [1.82, 2.24) is 19.5 Å². The van der Waals surface area contributed by atoms with Crippen LogP contribution in [0.4, 0.5) is 4.39 Å². The number of likely N-dealkylation sites (tertiary alicyclic amines) is 1. The summed E-state index contributed by atoms with van der Waals surface area (Å²) in [5, 5.41) is 4.49. The lowest BCUT2D eigenvalue weighted by molar-refractivity contribution is -0.128. The molecule has 1 saturated heterocycles. The highest BCUT2D eigenvalue weighted by Gasteiger charge is 2.30. The quantitative estimate of drug-likeness (QED) is 0.849. The molecule has 1 unspecified atom stereocenters. The molecule has 22 heavy (non-hydrogen) atoms. The van der Waals surface area contributed by atoms with Crippen molar-refractivity contribution < 1.29 is 9.18 Å². The number of fused-ring (bicyclic) bond motifs is 1. The topological polar surface area (TPSA) is 50.5 Å². The smallest absolute Gasteiger partial charge is 0.223 e. The zero-order valence-corrected chi connectivity index (χ0v) is 13.2. The van der Waals surface area contributed by atoms with Gasteiger partial charge in [0.2, 0.25) is 5.91 Å². The molecular formula is C15H18ClFN4O. The molecule has 0 aliphatic carbocycles. The Kier molecular flexibility index (Phi) is 4.29. The van der Waals surface area contributed by atoms with E-state index < -0.39 is 6.67 Å². The molecule has 1 aliphatic rings. The Labute approximate surface area is 133 Å². The van der Waals surface area contributed by atoms with Gasteiger partial charge in [-0.05, 0) is 24.5 Å². The van der Waals surface area contributed by atoms with E-state index in [0.717, 1.165) is 12.8 Å². The van der Waals surface area contributed by atoms with E-state index >= 15 is 0 Å². The second-order valence-electron chi connectivity index (χ2n) is 5.70. The molecule has 0 bridgehead atoms. The molecule has 1 aliphatic heterocycles. The van der Waals surface area contributed by atoms with Crippen molar-refractivity contribution in [3.05, 3.63) is 28.7 Å². The Morgan fingerprint density at radius 3 is 3.00 bits per heavy atom. The highest BCUT2D eigenvalue weighted by atomic mass is 35.5. The largest absolute Gasteiger partial charge is 0.336 e. The predicted molar refractivity (Wildman–Crippen MR) is 81.2 cm³/mol. The average molecular weight is 325 g/mol. The second kappa shape index (κ2) is 6.20. The van der Waals surface area contributed by atoms with Gasteiger partial charge in [0, 0.05) is 13.0 Å². The van der Waals surface area contributed by atoms with Crippen LogP contribution in [0.2, 0.25) is 5.15 Å². The molecule has 0 saturated carbocycles. The van der Waals surface area contributed by atoms with Crippen LogP contribution < -0.4 is 0 Å². The summed E-state index contributed by atoms with van der Waals surface area (Å²) in [6.45, 7) is 2.47. The Hall–Kier alpha value is -1.69. The molecule has 7 heteroatoms. The van der Waals surface area contributed by atoms with Crippen LogP contribution in [0.3, 0.4) is 0 Å². The molecule has 1 fully saturated rings. The zero-order valence-electron chi connectivity index (χ0n) is 12.4. The lowest BCUT2D eigenvalue weighted by Crippen LogP contribution is -2.26. The molecule has 2 aromatic heterocycles. The first-order chi connectivity index (χ1) is 10.6. The first-order valence-electron chi connectivity index (χ1n) is 7.49. The summed E-state index contributed by atoms with van der Waals surface area (Å²) >= 11 is 5.92. The summed E-state index contributed by atoms with van der Waals surface area (Å²) in [4.78, 5) is 18.1. The number of hydrogen-bond acceptors (Lipinski definition) is 3. The number of imidazole rings is 1. The molecule has 1 amide bonds. The van der Waals surface area contributed by atoms with E-state index in [1.54, 1.807) is 17.0 Å². The molecule has 0 radical (unpaired) electrons. The monoisotopic (exact) mass is 324 g/mol. The lowest BCUT2D eigenvalue weighted by Gasteiger charge is -2.16. The number of nitrogens with zero attached hydrogens (tertiary/aromatic N) is 4. The van der Waals surface area contributed by atoms with Gasteiger partial charge in [0.25, 0.3) is 0 Å². The Morgan fingerprint density at radius 2 is 2.27 bits per heavy atom. The van der Waals surface area contributed by atoms with Crippen LogP contribution in [-0.4, -0.2) is 31.9 Å². The number of alkyl halides is 1. The molecule has 0 aromatic carbocycles. The summed E-state index contributed by atoms with van der Waals surface area (Å²) in [6, 6.07) is 3.32. The molecule has 0 spiro atoms. The van der Waals surface area contributed by atoms with Crippen molar-refractivity contribution in [2.45, 2.75) is 39.4 Å². The minimum Gasteiger partial charge on any atom is -0.336 e. The summed E-state index contributed by atoms with van der Waals surface area (Å²) < 4.78 is 14.8. The third kappa shape index (κ3) is 2.79. The number of carbonyl (C=O) groups excluding carboxylic acids is 1. The molecule has 3 heterocycles. The highest BCUT2D eigenvalue weighted by Crippen LogP contribution is 2.25. The van der Waals surface area contributed by atoms with Gasteiger partial charge < -0.3 is 4.90 Å². The van der Waals surface area contributed by atoms with Crippen molar-refractivity contribution in [3.8, 4) is 0 Å². The van der Waals surface area contributed by atoms with Crippen LogP contribution >= 0.6 is 11.6 Å². The molecule has 0 N–H and O–H groups in total. The van der Waals surface area contributed by atoms with Crippen molar-refractivity contribution in [1.29, 1.82) is 0 Å². The zero-order chi connectivity index (χ0) is 15.7. The van der Waals surface area contributed by atoms with Gasteiger partial charge in [0.05, 0.1) is 17.9 Å². The molecule has 5 nitrogen and oxygen atoms in total. The number of rotatable bonds is 5. The van der Waals surface area contributed by atoms with Gasteiger partial charge in [-0.15, -0.1) is 0 Å². The third-order valence-electron chi connectivity index (χ3n) is 4.08. The molecule has 2 aromatic rings. The third-order valence-corrected chi connectivity index (χ3v) is 4.28. The van der Waals surface area contributed by atoms with Crippen molar-refractivity contribution >= 4 is 23.2 Å². The summed E-state index contributed by atoms with van der Waals surface area (Å²) in [5.74, 6) is 0.502. The van der Waals surface area contributed by atoms with Crippen LogP contribution in [0, 0.1) is 5.92 Å². The minimum absolute atomic E-state index is 0.111. The van der Waals surface area contributed by atoms with E-state index in [9.17, 15) is 9.18 Å². The van der Waals surface area contributed by atoms with Crippen LogP contribution in [0.15, 0.2) is 12.1 Å². The predicted octanol–water partition coefficient (Wildman–Crippen LogP) is 3.00. The van der Waals surface area contributed by atoms with Crippen LogP contribution in [-0.2, 0) is 18.0 Å². The highest BCUT2D eigenvalue weighted by molar-refractivity contribution is 6.29. The van der Waals surface area contributed by atoms with Crippen molar-refractivity contribution in [2.24, 2.45) is 5.92 Å². The van der Waals surface area contributed by atoms with E-state index in [1.807, 2.05) is 0 Å². The molecular weight excluding hydrogens is 307 g/mol. The van der Waals surface area contributed by atoms with Gasteiger partial charge in [-0.2, -0.15) is 5.10 Å². The van der Waals surface area contributed by atoms with Gasteiger partial charge in [-0.3, -0.25) is 4.79 Å². The summed E-state index contributed by atoms with van der Waals surface area (Å²) in [7, 11) is 0. The van der Waals surface area contributed by atoms with Gasteiger partial charge in [0.1, 0.15) is 11.8 Å². The van der Waals surface area contributed by atoms with Crippen LogP contribution in [0.5, 0.6) is 0 Å². The Morgan fingerprint density at radius 1 is 1.45 bits per heavy atom. The summed E-state index contributed by atoms with van der Waals surface area (Å²) in [5.41, 5.74) is 1.47. The number of amides is 1. The first-order valence-corrected chi connectivity index (χ1v) is 7.87. The van der Waals surface area contributed by atoms with Crippen molar-refractivity contribution in [3.63, 3.8) is 0 Å². The average Bonchev–Trinajstić information content (AvgIpc) is 3.01. The van der Waals surface area contributed by atoms with Gasteiger partial charge in [0.15, 0.2) is 5.65 Å². The SMILES string of the molecule is CCCC1CC(=O)N(Cc2c(CF)nc3ccc(Cl)nn23)C1. The van der Waals surface area contributed by atoms with Gasteiger partial charge in [-0.1, -0.05) is 24.9 Å². The maximum absolute atomic E-state index is 13.3. The number of aromatic nitrogens is 3. The van der Waals surface area contributed by atoms with E-state index in [1.165, 1.54) is 4.52 Å². The number of carbonyl (C=O) groups is 1. The maximum atomic E-state index is 13.3. The van der Waals surface area contributed by atoms with E-state index in [-0.39, 0.29) is 5.91 Å². The Balaban J connectivity index is 1.90. The standard InChI is InChI=1S/C15H18ClFN4O/c1-2-3-10-6-15(22)20(8-10)9-12-11(7-17)18-14-5-4-13(16)19-21(12)14/h4-5,10H,2-3,6-9H2,1H3. The van der Waals surface area contributed by atoms with E-state index in [4.69, 9.17) is 11.6 Å². The summed E-state index contributed by atoms with van der Waals surface area (Å²) in [6.07, 6.45) is 2.67. The maximum Gasteiger partial charge on any atom is 0.223 e. The van der Waals surface area contributed by atoms with Crippen molar-refractivity contribution in [2.75, 3.05) is 6.54 Å². The van der Waals surface area contributed by atoms with Gasteiger partial charge in [-0.25, -0.2) is 13.9 Å². The number of hydrogen-bond donors (Lipinski definition) is 0. The van der Waals surface area contributed by atoms with E-state index in [0.29, 0.717) is 47.6 Å². The lowest BCUT2D eigenvalue weighted by atomic mass is 10.0. The Bertz CT molecular complexity index is 702. The normalized spacial score (nSPS) is 18.6. The molecule has 1 atom stereocenters. The molecule has 118 valence electrons. The van der Waals surface area contributed by atoms with Crippen LogP contribution in [0.25, 0.3) is 5.65 Å². The van der Waals surface area contributed by atoms with Gasteiger partial charge >= 0.3 is 0 Å².